The van der Waals surface area contributed by atoms with Crippen molar-refractivity contribution in [3.63, 3.8) is 0 Å². The third-order valence-electron chi connectivity index (χ3n) is 2.80. The Kier molecular flexibility index (Phi) is 4.53. The fourth-order valence-electron chi connectivity index (χ4n) is 1.79. The molecule has 100 valence electrons. The van der Waals surface area contributed by atoms with Crippen LogP contribution in [0.3, 0.4) is 0 Å². The van der Waals surface area contributed by atoms with Crippen LogP contribution in [-0.4, -0.2) is 14.2 Å². The normalized spacial score (nSPS) is 10.1. The highest BCUT2D eigenvalue weighted by atomic mass is 35.5. The summed E-state index contributed by atoms with van der Waals surface area (Å²) in [6.07, 6.45) is 0. The van der Waals surface area contributed by atoms with E-state index in [1.807, 2.05) is 24.3 Å². The van der Waals surface area contributed by atoms with Gasteiger partial charge >= 0.3 is 0 Å². The van der Waals surface area contributed by atoms with E-state index in [1.54, 1.807) is 20.3 Å². The van der Waals surface area contributed by atoms with Crippen LogP contribution in [0.15, 0.2) is 42.5 Å². The number of hydrogen-bond donors (Lipinski definition) is 1. The third kappa shape index (κ3) is 3.32. The van der Waals surface area contributed by atoms with Crippen molar-refractivity contribution in [3.05, 3.63) is 53.1 Å². The zero-order valence-electron chi connectivity index (χ0n) is 10.9. The zero-order valence-corrected chi connectivity index (χ0v) is 11.7. The van der Waals surface area contributed by atoms with Gasteiger partial charge in [0.1, 0.15) is 11.5 Å². The molecule has 0 fully saturated rings. The van der Waals surface area contributed by atoms with Crippen molar-refractivity contribution in [3.8, 4) is 11.5 Å². The fourth-order valence-corrected chi connectivity index (χ4v) is 2.03. The van der Waals surface area contributed by atoms with E-state index in [-0.39, 0.29) is 0 Å². The molecule has 0 aliphatic rings. The SMILES string of the molecule is COc1cc(OC)c(NCc2ccccc2)cc1Cl. The van der Waals surface area contributed by atoms with E-state index < -0.39 is 0 Å². The molecule has 0 aromatic heterocycles. The quantitative estimate of drug-likeness (QED) is 0.897. The minimum Gasteiger partial charge on any atom is -0.495 e. The molecule has 0 amide bonds. The van der Waals surface area contributed by atoms with Crippen LogP contribution in [0.2, 0.25) is 5.02 Å². The number of rotatable bonds is 5. The summed E-state index contributed by atoms with van der Waals surface area (Å²) < 4.78 is 10.5. The molecule has 0 radical (unpaired) electrons. The van der Waals surface area contributed by atoms with Crippen LogP contribution in [0.25, 0.3) is 0 Å². The minimum absolute atomic E-state index is 0.555. The van der Waals surface area contributed by atoms with Gasteiger partial charge in [0.15, 0.2) is 0 Å². The van der Waals surface area contributed by atoms with Gasteiger partial charge in [0.2, 0.25) is 0 Å². The summed E-state index contributed by atoms with van der Waals surface area (Å²) in [6, 6.07) is 13.7. The molecule has 2 aromatic rings. The average Bonchev–Trinajstić information content (AvgIpc) is 2.46. The molecule has 2 rings (SSSR count). The first-order valence-electron chi connectivity index (χ1n) is 5.94. The third-order valence-corrected chi connectivity index (χ3v) is 3.10. The molecule has 2 aromatic carbocycles. The van der Waals surface area contributed by atoms with E-state index in [1.165, 1.54) is 5.56 Å². The van der Waals surface area contributed by atoms with Crippen molar-refractivity contribution in [1.82, 2.24) is 0 Å². The van der Waals surface area contributed by atoms with E-state index in [4.69, 9.17) is 21.1 Å². The molecule has 0 saturated heterocycles. The Hall–Kier alpha value is -1.87. The number of ether oxygens (including phenoxy) is 2. The van der Waals surface area contributed by atoms with Gasteiger partial charge in [-0.1, -0.05) is 41.9 Å². The first-order valence-corrected chi connectivity index (χ1v) is 6.31. The molecule has 1 N–H and O–H groups in total. The average molecular weight is 278 g/mol. The number of anilines is 1. The Balaban J connectivity index is 2.18. The summed E-state index contributed by atoms with van der Waals surface area (Å²) >= 11 is 6.12. The molecular weight excluding hydrogens is 262 g/mol. The largest absolute Gasteiger partial charge is 0.495 e. The lowest BCUT2D eigenvalue weighted by molar-refractivity contribution is 0.395. The van der Waals surface area contributed by atoms with Gasteiger partial charge in [-0.3, -0.25) is 0 Å². The molecule has 0 saturated carbocycles. The van der Waals surface area contributed by atoms with Crippen molar-refractivity contribution < 1.29 is 9.47 Å². The summed E-state index contributed by atoms with van der Waals surface area (Å²) in [4.78, 5) is 0. The van der Waals surface area contributed by atoms with Crippen LogP contribution >= 0.6 is 11.6 Å². The van der Waals surface area contributed by atoms with Gasteiger partial charge < -0.3 is 14.8 Å². The standard InChI is InChI=1S/C15H16ClNO2/c1-18-14-9-15(19-2)13(8-12(14)16)17-10-11-6-4-3-5-7-11/h3-9,17H,10H2,1-2H3. The molecule has 0 aliphatic carbocycles. The van der Waals surface area contributed by atoms with E-state index >= 15 is 0 Å². The maximum absolute atomic E-state index is 6.12. The summed E-state index contributed by atoms with van der Waals surface area (Å²) in [5.74, 6) is 1.31. The zero-order chi connectivity index (χ0) is 13.7. The minimum atomic E-state index is 0.555. The van der Waals surface area contributed by atoms with Gasteiger partial charge in [0, 0.05) is 12.6 Å². The molecule has 0 heterocycles. The van der Waals surface area contributed by atoms with Gasteiger partial charge in [-0.2, -0.15) is 0 Å². The predicted octanol–water partition coefficient (Wildman–Crippen LogP) is 3.97. The van der Waals surface area contributed by atoms with Gasteiger partial charge in [0.25, 0.3) is 0 Å². The van der Waals surface area contributed by atoms with Crippen LogP contribution in [0.4, 0.5) is 5.69 Å². The molecular formula is C15H16ClNO2. The highest BCUT2D eigenvalue weighted by molar-refractivity contribution is 6.32. The van der Waals surface area contributed by atoms with Gasteiger partial charge in [-0.05, 0) is 11.6 Å². The first kappa shape index (κ1) is 13.6. The first-order chi connectivity index (χ1) is 9.24. The lowest BCUT2D eigenvalue weighted by atomic mass is 10.2. The van der Waals surface area contributed by atoms with Gasteiger partial charge in [-0.25, -0.2) is 0 Å². The van der Waals surface area contributed by atoms with Gasteiger partial charge in [-0.15, -0.1) is 0 Å². The number of hydrogen-bond acceptors (Lipinski definition) is 3. The summed E-state index contributed by atoms with van der Waals surface area (Å²) in [6.45, 7) is 0.708. The monoisotopic (exact) mass is 277 g/mol. The molecule has 0 bridgehead atoms. The summed E-state index contributed by atoms with van der Waals surface area (Å²) in [7, 11) is 3.20. The van der Waals surface area contributed by atoms with Crippen LogP contribution in [0.1, 0.15) is 5.56 Å². The topological polar surface area (TPSA) is 30.5 Å². The fraction of sp³-hybridized carbons (Fsp3) is 0.200. The molecule has 0 aliphatic heterocycles. The molecule has 0 unspecified atom stereocenters. The van der Waals surface area contributed by atoms with Crippen LogP contribution in [0.5, 0.6) is 11.5 Å². The molecule has 19 heavy (non-hydrogen) atoms. The highest BCUT2D eigenvalue weighted by Crippen LogP contribution is 2.36. The van der Waals surface area contributed by atoms with Crippen LogP contribution in [-0.2, 0) is 6.54 Å². The predicted molar refractivity (Wildman–Crippen MR) is 78.3 cm³/mol. The highest BCUT2D eigenvalue weighted by Gasteiger charge is 2.09. The molecule has 0 atom stereocenters. The number of benzene rings is 2. The summed E-state index contributed by atoms with van der Waals surface area (Å²) in [5, 5.41) is 3.86. The lowest BCUT2D eigenvalue weighted by Crippen LogP contribution is -2.01. The molecule has 4 heteroatoms. The Labute approximate surface area is 118 Å². The second-order valence-corrected chi connectivity index (χ2v) is 4.43. The Morgan fingerprint density at radius 2 is 1.68 bits per heavy atom. The number of methoxy groups -OCH3 is 2. The van der Waals surface area contributed by atoms with Crippen molar-refractivity contribution in [2.24, 2.45) is 0 Å². The summed E-state index contributed by atoms with van der Waals surface area (Å²) in [5.41, 5.74) is 2.04. The van der Waals surface area contributed by atoms with Crippen molar-refractivity contribution >= 4 is 17.3 Å². The smallest absolute Gasteiger partial charge is 0.145 e. The van der Waals surface area contributed by atoms with Crippen LogP contribution in [0, 0.1) is 0 Å². The van der Waals surface area contributed by atoms with E-state index in [0.29, 0.717) is 23.1 Å². The lowest BCUT2D eigenvalue weighted by Gasteiger charge is -2.13. The number of nitrogens with one attached hydrogen (secondary N) is 1. The molecule has 3 nitrogen and oxygen atoms in total. The van der Waals surface area contributed by atoms with E-state index in [0.717, 1.165) is 5.69 Å². The second kappa shape index (κ2) is 6.34. The maximum Gasteiger partial charge on any atom is 0.145 e. The Morgan fingerprint density at radius 1 is 1.00 bits per heavy atom. The van der Waals surface area contributed by atoms with Gasteiger partial charge in [0.05, 0.1) is 24.9 Å². The van der Waals surface area contributed by atoms with Crippen molar-refractivity contribution in [2.45, 2.75) is 6.54 Å². The van der Waals surface area contributed by atoms with Crippen molar-refractivity contribution in [2.75, 3.05) is 19.5 Å². The Morgan fingerprint density at radius 3 is 2.32 bits per heavy atom. The van der Waals surface area contributed by atoms with E-state index in [2.05, 4.69) is 17.4 Å². The maximum atomic E-state index is 6.12. The number of halogens is 1. The second-order valence-electron chi connectivity index (χ2n) is 4.03. The van der Waals surface area contributed by atoms with Crippen LogP contribution < -0.4 is 14.8 Å². The van der Waals surface area contributed by atoms with Crippen molar-refractivity contribution in [1.29, 1.82) is 0 Å². The molecule has 0 spiro atoms. The Bertz CT molecular complexity index is 543. The van der Waals surface area contributed by atoms with E-state index in [9.17, 15) is 0 Å².